The van der Waals surface area contributed by atoms with E-state index in [4.69, 9.17) is 12.2 Å². The summed E-state index contributed by atoms with van der Waals surface area (Å²) in [5.41, 5.74) is 4.48. The molecule has 2 N–H and O–H groups in total. The van der Waals surface area contributed by atoms with E-state index in [2.05, 4.69) is 31.9 Å². The summed E-state index contributed by atoms with van der Waals surface area (Å²) in [7, 11) is 0. The zero-order chi connectivity index (χ0) is 25.2. The Balaban J connectivity index is 1.44. The van der Waals surface area contributed by atoms with Crippen molar-refractivity contribution in [3.05, 3.63) is 95.8 Å². The molecule has 9 nitrogen and oxygen atoms in total. The number of anilines is 1. The van der Waals surface area contributed by atoms with Crippen LogP contribution in [0.3, 0.4) is 0 Å². The lowest BCUT2D eigenvalue weighted by Crippen LogP contribution is -2.33. The maximum Gasteiger partial charge on any atom is 0.226 e. The van der Waals surface area contributed by atoms with Gasteiger partial charge in [0, 0.05) is 41.8 Å². The van der Waals surface area contributed by atoms with Crippen molar-refractivity contribution in [1.82, 2.24) is 34.8 Å². The first-order valence-electron chi connectivity index (χ1n) is 11.5. The van der Waals surface area contributed by atoms with Crippen LogP contribution in [0.5, 0.6) is 0 Å². The number of benzene rings is 1. The number of nitrogens with zero attached hydrogens (tertiary/aromatic N) is 6. The van der Waals surface area contributed by atoms with Gasteiger partial charge in [-0.2, -0.15) is 0 Å². The van der Waals surface area contributed by atoms with Crippen molar-refractivity contribution < 1.29 is 9.18 Å². The molecule has 184 valence electrons. The quantitative estimate of drug-likeness (QED) is 0.372. The van der Waals surface area contributed by atoms with Gasteiger partial charge in [0.05, 0.1) is 17.8 Å². The molecule has 11 heteroatoms. The zero-order valence-electron chi connectivity index (χ0n) is 19.8. The molecular weight excluding hydrogens is 479 g/mol. The first kappa shape index (κ1) is 23.6. The van der Waals surface area contributed by atoms with Gasteiger partial charge in [0.1, 0.15) is 18.5 Å². The summed E-state index contributed by atoms with van der Waals surface area (Å²) >= 11 is 5.73. The van der Waals surface area contributed by atoms with Gasteiger partial charge < -0.3 is 15.5 Å². The van der Waals surface area contributed by atoms with E-state index >= 15 is 0 Å². The third kappa shape index (κ3) is 4.57. The Labute approximate surface area is 212 Å². The van der Waals surface area contributed by atoms with E-state index in [1.807, 2.05) is 46.3 Å². The smallest absolute Gasteiger partial charge is 0.226 e. The first-order valence-corrected chi connectivity index (χ1v) is 11.9. The number of hydrogen-bond acceptors (Lipinski definition) is 5. The van der Waals surface area contributed by atoms with E-state index in [1.54, 1.807) is 18.9 Å². The van der Waals surface area contributed by atoms with Gasteiger partial charge in [0.25, 0.3) is 0 Å². The maximum absolute atomic E-state index is 13.2. The molecule has 4 heterocycles. The molecule has 36 heavy (non-hydrogen) atoms. The molecule has 5 rings (SSSR count). The van der Waals surface area contributed by atoms with Crippen molar-refractivity contribution in [3.63, 3.8) is 0 Å². The molecular formula is C25H25FN8OS. The van der Waals surface area contributed by atoms with Crippen LogP contribution in [0.1, 0.15) is 41.1 Å². The van der Waals surface area contributed by atoms with Crippen LogP contribution in [-0.4, -0.2) is 47.0 Å². The summed E-state index contributed by atoms with van der Waals surface area (Å²) in [5.74, 6) is -0.534. The molecule has 0 bridgehead atoms. The number of carbonyl (C=O) groups is 1. The second kappa shape index (κ2) is 9.86. The molecule has 0 unspecified atom stereocenters. The molecule has 1 saturated heterocycles. The summed E-state index contributed by atoms with van der Waals surface area (Å²) in [4.78, 5) is 19.3. The number of rotatable bonds is 7. The molecule has 1 aliphatic heterocycles. The van der Waals surface area contributed by atoms with E-state index in [-0.39, 0.29) is 30.2 Å². The van der Waals surface area contributed by atoms with Crippen LogP contribution >= 0.6 is 12.2 Å². The van der Waals surface area contributed by atoms with Gasteiger partial charge in [-0.15, -0.1) is 10.2 Å². The van der Waals surface area contributed by atoms with Crippen molar-refractivity contribution in [3.8, 4) is 0 Å². The number of hydrogen-bond donors (Lipinski definition) is 2. The molecule has 1 aromatic carbocycles. The van der Waals surface area contributed by atoms with Crippen LogP contribution < -0.4 is 10.6 Å². The number of aromatic nitrogens is 5. The van der Waals surface area contributed by atoms with E-state index < -0.39 is 0 Å². The molecule has 3 aromatic heterocycles. The van der Waals surface area contributed by atoms with Crippen LogP contribution in [0.4, 0.5) is 10.1 Å². The van der Waals surface area contributed by atoms with Crippen molar-refractivity contribution in [1.29, 1.82) is 0 Å². The highest BCUT2D eigenvalue weighted by molar-refractivity contribution is 7.80. The fourth-order valence-electron chi connectivity index (χ4n) is 4.69. The summed E-state index contributed by atoms with van der Waals surface area (Å²) < 4.78 is 17.1. The minimum Gasteiger partial charge on any atom is -0.352 e. The number of thiocarbonyl (C=S) groups is 1. The standard InChI is InChI=1S/C25H25FN8OS/c1-16-13-20(17(2)34(16)32-14-28-29-15-32)24-23(21-5-3-4-11-27-21)31-25(36)33(24)12-10-22(35)30-19-8-6-18(26)7-9-19/h3-9,11,13-15,23-24H,10,12H2,1-2H3,(H,30,35)(H,31,36)/t23-,24+/m1/s1. The predicted octanol–water partition coefficient (Wildman–Crippen LogP) is 3.54. The largest absolute Gasteiger partial charge is 0.352 e. The van der Waals surface area contributed by atoms with Gasteiger partial charge in [-0.05, 0) is 68.5 Å². The number of carbonyl (C=O) groups excluding carboxylic acids is 1. The van der Waals surface area contributed by atoms with Gasteiger partial charge in [0.2, 0.25) is 5.91 Å². The molecule has 1 aliphatic rings. The van der Waals surface area contributed by atoms with Crippen molar-refractivity contribution in [2.75, 3.05) is 11.9 Å². The zero-order valence-corrected chi connectivity index (χ0v) is 20.6. The van der Waals surface area contributed by atoms with Crippen LogP contribution in [0.15, 0.2) is 67.4 Å². The third-order valence-corrected chi connectivity index (χ3v) is 6.65. The highest BCUT2D eigenvalue weighted by Crippen LogP contribution is 2.40. The molecule has 4 aromatic rings. The summed E-state index contributed by atoms with van der Waals surface area (Å²) in [6.45, 7) is 4.45. The predicted molar refractivity (Wildman–Crippen MR) is 137 cm³/mol. The van der Waals surface area contributed by atoms with Gasteiger partial charge in [0.15, 0.2) is 5.11 Å². The fraction of sp³-hybridized carbons (Fsp3) is 0.240. The van der Waals surface area contributed by atoms with Gasteiger partial charge in [-0.25, -0.2) is 9.07 Å². The molecule has 0 radical (unpaired) electrons. The summed E-state index contributed by atoms with van der Waals surface area (Å²) in [6, 6.07) is 13.2. The monoisotopic (exact) mass is 504 g/mol. The van der Waals surface area contributed by atoms with Gasteiger partial charge >= 0.3 is 0 Å². The fourth-order valence-corrected chi connectivity index (χ4v) is 5.03. The normalized spacial score (nSPS) is 17.3. The van der Waals surface area contributed by atoms with Crippen LogP contribution in [0.2, 0.25) is 0 Å². The lowest BCUT2D eigenvalue weighted by Gasteiger charge is -2.28. The number of pyridine rings is 1. The summed E-state index contributed by atoms with van der Waals surface area (Å²) in [6.07, 6.45) is 5.26. The van der Waals surface area contributed by atoms with E-state index in [0.717, 1.165) is 22.6 Å². The van der Waals surface area contributed by atoms with E-state index in [1.165, 1.54) is 24.3 Å². The number of amides is 1. The molecule has 0 aliphatic carbocycles. The van der Waals surface area contributed by atoms with Crippen molar-refractivity contribution >= 4 is 28.9 Å². The first-order chi connectivity index (χ1) is 17.4. The van der Waals surface area contributed by atoms with Crippen LogP contribution in [0.25, 0.3) is 0 Å². The Morgan fingerprint density at radius 3 is 2.58 bits per heavy atom. The number of halogens is 1. The Kier molecular flexibility index (Phi) is 6.47. The Hall–Kier alpha value is -4.12. The second-order valence-corrected chi connectivity index (χ2v) is 8.99. The van der Waals surface area contributed by atoms with Crippen LogP contribution in [-0.2, 0) is 4.79 Å². The molecule has 1 amide bonds. The lowest BCUT2D eigenvalue weighted by atomic mass is 9.96. The number of aryl methyl sites for hydroxylation is 1. The highest BCUT2D eigenvalue weighted by atomic mass is 32.1. The Morgan fingerprint density at radius 2 is 1.89 bits per heavy atom. The topological polar surface area (TPSA) is 92.9 Å². The lowest BCUT2D eigenvalue weighted by molar-refractivity contribution is -0.116. The Bertz CT molecular complexity index is 1370. The average Bonchev–Trinajstić information content (AvgIpc) is 3.58. The second-order valence-electron chi connectivity index (χ2n) is 8.61. The SMILES string of the molecule is Cc1cc([C@H]2[C@@H](c3ccccn3)NC(=S)N2CCC(=O)Nc2ccc(F)cc2)c(C)n1-n1cnnc1. The van der Waals surface area contributed by atoms with Crippen LogP contribution in [0, 0.1) is 19.7 Å². The molecule has 0 spiro atoms. The van der Waals surface area contributed by atoms with Crippen molar-refractivity contribution in [2.24, 2.45) is 0 Å². The molecule has 0 saturated carbocycles. The highest BCUT2D eigenvalue weighted by Gasteiger charge is 2.41. The van der Waals surface area contributed by atoms with Gasteiger partial charge in [-0.1, -0.05) is 6.07 Å². The Morgan fingerprint density at radius 1 is 1.14 bits per heavy atom. The van der Waals surface area contributed by atoms with Crippen molar-refractivity contribution in [2.45, 2.75) is 32.4 Å². The van der Waals surface area contributed by atoms with E-state index in [9.17, 15) is 9.18 Å². The molecule has 1 fully saturated rings. The van der Waals surface area contributed by atoms with Gasteiger partial charge in [-0.3, -0.25) is 14.5 Å². The summed E-state index contributed by atoms with van der Waals surface area (Å²) in [5, 5.41) is 14.7. The average molecular weight is 505 g/mol. The van der Waals surface area contributed by atoms with E-state index in [0.29, 0.717) is 17.3 Å². The molecule has 2 atom stereocenters. The number of nitrogens with one attached hydrogen (secondary N) is 2. The maximum atomic E-state index is 13.2. The third-order valence-electron chi connectivity index (χ3n) is 6.30. The minimum absolute atomic E-state index is 0.181. The minimum atomic E-state index is -0.353.